The monoisotopic (exact) mass is 273 g/mol. The third kappa shape index (κ3) is 3.02. The van der Waals surface area contributed by atoms with Gasteiger partial charge in [0, 0.05) is 6.07 Å². The molecule has 0 N–H and O–H groups in total. The van der Waals surface area contributed by atoms with Crippen LogP contribution in [0.15, 0.2) is 22.7 Å². The summed E-state index contributed by atoms with van der Waals surface area (Å²) in [6, 6.07) is 4.52. The van der Waals surface area contributed by atoms with Crippen LogP contribution in [-0.2, 0) is 16.0 Å². The summed E-state index contributed by atoms with van der Waals surface area (Å²) in [5.41, 5.74) is 0.494. The summed E-state index contributed by atoms with van der Waals surface area (Å²) >= 11 is 3.06. The van der Waals surface area contributed by atoms with Crippen molar-refractivity contribution in [3.05, 3.63) is 38.3 Å². The number of halogens is 1. The average molecular weight is 274 g/mol. The summed E-state index contributed by atoms with van der Waals surface area (Å²) in [5.74, 6) is -0.424. The minimum atomic E-state index is -0.509. The lowest BCUT2D eigenvalue weighted by atomic mass is 10.1. The van der Waals surface area contributed by atoms with E-state index < -0.39 is 10.9 Å². The van der Waals surface area contributed by atoms with Crippen LogP contribution in [0, 0.1) is 10.1 Å². The number of carbonyl (C=O) groups excluding carboxylic acids is 1. The predicted octanol–water partition coefficient (Wildman–Crippen LogP) is 2.07. The summed E-state index contributed by atoms with van der Waals surface area (Å²) in [5, 5.41) is 10.6. The first-order chi connectivity index (χ1) is 7.04. The standard InChI is InChI=1S/C9H8BrNO4/c1-15-9(12)5-6-2-3-7(10)8(4-6)11(13)14/h2-4H,5H2,1H3. The molecule has 0 spiro atoms. The molecule has 0 atom stereocenters. The Morgan fingerprint density at radius 1 is 1.60 bits per heavy atom. The lowest BCUT2D eigenvalue weighted by Gasteiger charge is -2.01. The van der Waals surface area contributed by atoms with Gasteiger partial charge in [0.1, 0.15) is 0 Å². The molecule has 0 heterocycles. The van der Waals surface area contributed by atoms with Crippen LogP contribution in [0.2, 0.25) is 0 Å². The topological polar surface area (TPSA) is 69.4 Å². The van der Waals surface area contributed by atoms with E-state index in [9.17, 15) is 14.9 Å². The van der Waals surface area contributed by atoms with Crippen molar-refractivity contribution < 1.29 is 14.5 Å². The van der Waals surface area contributed by atoms with Crippen LogP contribution in [0.5, 0.6) is 0 Å². The zero-order valence-electron chi connectivity index (χ0n) is 7.90. The van der Waals surface area contributed by atoms with Crippen LogP contribution < -0.4 is 0 Å². The molecular weight excluding hydrogens is 266 g/mol. The SMILES string of the molecule is COC(=O)Cc1ccc(Br)c([N+](=O)[O-])c1. The van der Waals surface area contributed by atoms with Crippen LogP contribution >= 0.6 is 15.9 Å². The average Bonchev–Trinajstić information content (AvgIpc) is 2.20. The molecule has 0 fully saturated rings. The maximum Gasteiger partial charge on any atom is 0.309 e. The molecule has 0 saturated carbocycles. The fourth-order valence-electron chi connectivity index (χ4n) is 1.05. The summed E-state index contributed by atoms with van der Waals surface area (Å²) in [6.45, 7) is 0. The van der Waals surface area contributed by atoms with Gasteiger partial charge in [-0.25, -0.2) is 0 Å². The van der Waals surface area contributed by atoms with Gasteiger partial charge in [-0.05, 0) is 27.6 Å². The lowest BCUT2D eigenvalue weighted by Crippen LogP contribution is -2.04. The zero-order chi connectivity index (χ0) is 11.4. The highest BCUT2D eigenvalue weighted by Gasteiger charge is 2.13. The molecule has 1 aromatic carbocycles. The Hall–Kier alpha value is -1.43. The van der Waals surface area contributed by atoms with E-state index in [0.29, 0.717) is 10.0 Å². The van der Waals surface area contributed by atoms with Gasteiger partial charge >= 0.3 is 5.97 Å². The van der Waals surface area contributed by atoms with E-state index in [1.807, 2.05) is 0 Å². The number of hydrogen-bond acceptors (Lipinski definition) is 4. The number of nitro benzene ring substituents is 1. The van der Waals surface area contributed by atoms with Crippen LogP contribution in [0.4, 0.5) is 5.69 Å². The number of hydrogen-bond donors (Lipinski definition) is 0. The molecule has 0 aromatic heterocycles. The first-order valence-corrected chi connectivity index (χ1v) is 4.83. The second-order valence-corrected chi connectivity index (χ2v) is 3.65. The molecule has 0 amide bonds. The molecule has 0 aliphatic rings. The van der Waals surface area contributed by atoms with Crippen molar-refractivity contribution in [3.63, 3.8) is 0 Å². The molecule has 0 aliphatic carbocycles. The maximum absolute atomic E-state index is 10.9. The van der Waals surface area contributed by atoms with E-state index in [1.54, 1.807) is 6.07 Å². The summed E-state index contributed by atoms with van der Waals surface area (Å²) < 4.78 is 4.85. The van der Waals surface area contributed by atoms with Gasteiger partial charge in [-0.3, -0.25) is 14.9 Å². The smallest absolute Gasteiger partial charge is 0.309 e. The largest absolute Gasteiger partial charge is 0.469 e. The molecule has 5 nitrogen and oxygen atoms in total. The van der Waals surface area contributed by atoms with Crippen LogP contribution in [0.3, 0.4) is 0 Å². The molecule has 1 aromatic rings. The highest BCUT2D eigenvalue weighted by atomic mass is 79.9. The molecule has 0 aliphatic heterocycles. The maximum atomic E-state index is 10.9. The Balaban J connectivity index is 2.97. The van der Waals surface area contributed by atoms with Crippen molar-refractivity contribution in [1.29, 1.82) is 0 Å². The highest BCUT2D eigenvalue weighted by Crippen LogP contribution is 2.25. The number of esters is 1. The summed E-state index contributed by atoms with van der Waals surface area (Å²) in [6.07, 6.45) is 0.0324. The van der Waals surface area contributed by atoms with Gasteiger partial charge in [0.25, 0.3) is 5.69 Å². The first kappa shape index (κ1) is 11.6. The van der Waals surface area contributed by atoms with Gasteiger partial charge in [0.2, 0.25) is 0 Å². The van der Waals surface area contributed by atoms with Gasteiger partial charge in [-0.15, -0.1) is 0 Å². The van der Waals surface area contributed by atoms with E-state index >= 15 is 0 Å². The van der Waals surface area contributed by atoms with Crippen LogP contribution in [0.25, 0.3) is 0 Å². The quantitative estimate of drug-likeness (QED) is 0.480. The molecule has 80 valence electrons. The fourth-order valence-corrected chi connectivity index (χ4v) is 1.44. The van der Waals surface area contributed by atoms with Crippen molar-refractivity contribution >= 4 is 27.6 Å². The molecule has 0 saturated heterocycles. The van der Waals surface area contributed by atoms with Gasteiger partial charge in [-0.1, -0.05) is 6.07 Å². The highest BCUT2D eigenvalue weighted by molar-refractivity contribution is 9.10. The molecule has 0 bridgehead atoms. The van der Waals surface area contributed by atoms with E-state index in [-0.39, 0.29) is 12.1 Å². The molecule has 0 unspecified atom stereocenters. The van der Waals surface area contributed by atoms with Gasteiger partial charge < -0.3 is 4.74 Å². The van der Waals surface area contributed by atoms with Crippen molar-refractivity contribution in [2.24, 2.45) is 0 Å². The minimum Gasteiger partial charge on any atom is -0.469 e. The number of methoxy groups -OCH3 is 1. The van der Waals surface area contributed by atoms with Crippen LogP contribution in [-0.4, -0.2) is 18.0 Å². The molecule has 15 heavy (non-hydrogen) atoms. The van der Waals surface area contributed by atoms with E-state index in [0.717, 1.165) is 0 Å². The van der Waals surface area contributed by atoms with Crippen molar-refractivity contribution in [2.45, 2.75) is 6.42 Å². The van der Waals surface area contributed by atoms with E-state index in [4.69, 9.17) is 0 Å². The van der Waals surface area contributed by atoms with Gasteiger partial charge in [0.05, 0.1) is 22.9 Å². The predicted molar refractivity (Wildman–Crippen MR) is 56.5 cm³/mol. The number of nitro groups is 1. The fraction of sp³-hybridized carbons (Fsp3) is 0.222. The second-order valence-electron chi connectivity index (χ2n) is 2.80. The van der Waals surface area contributed by atoms with Crippen molar-refractivity contribution in [1.82, 2.24) is 0 Å². The number of ether oxygens (including phenoxy) is 1. The number of nitrogens with zero attached hydrogens (tertiary/aromatic N) is 1. The Kier molecular flexibility index (Phi) is 3.79. The number of carbonyl (C=O) groups is 1. The molecule has 6 heteroatoms. The third-order valence-electron chi connectivity index (χ3n) is 1.78. The summed E-state index contributed by atoms with van der Waals surface area (Å²) in [7, 11) is 1.27. The van der Waals surface area contributed by atoms with Gasteiger partial charge in [-0.2, -0.15) is 0 Å². The Labute approximate surface area is 94.3 Å². The number of rotatable bonds is 3. The van der Waals surface area contributed by atoms with Crippen molar-refractivity contribution in [2.75, 3.05) is 7.11 Å². The first-order valence-electron chi connectivity index (χ1n) is 4.04. The zero-order valence-corrected chi connectivity index (χ0v) is 9.48. The Bertz CT molecular complexity index is 405. The lowest BCUT2D eigenvalue weighted by molar-refractivity contribution is -0.385. The van der Waals surface area contributed by atoms with Crippen molar-refractivity contribution in [3.8, 4) is 0 Å². The summed E-state index contributed by atoms with van der Waals surface area (Å²) in [4.78, 5) is 21.0. The van der Waals surface area contributed by atoms with E-state index in [2.05, 4.69) is 20.7 Å². The van der Waals surface area contributed by atoms with E-state index in [1.165, 1.54) is 19.2 Å². The van der Waals surface area contributed by atoms with Crippen LogP contribution in [0.1, 0.15) is 5.56 Å². The van der Waals surface area contributed by atoms with Gasteiger partial charge in [0.15, 0.2) is 0 Å². The molecule has 1 rings (SSSR count). The molecule has 0 radical (unpaired) electrons. The number of benzene rings is 1. The Morgan fingerprint density at radius 3 is 2.80 bits per heavy atom. The normalized spacial score (nSPS) is 9.73. The molecular formula is C9H8BrNO4. The minimum absolute atomic E-state index is 0.0324. The second kappa shape index (κ2) is 4.88. The third-order valence-corrected chi connectivity index (χ3v) is 2.45. The Morgan fingerprint density at radius 2 is 2.27 bits per heavy atom.